The highest BCUT2D eigenvalue weighted by Gasteiger charge is 2.24. The van der Waals surface area contributed by atoms with E-state index in [-0.39, 0.29) is 36.8 Å². The first kappa shape index (κ1) is 19.6. The number of aryl methyl sites for hydroxylation is 2. The van der Waals surface area contributed by atoms with Crippen LogP contribution in [0.3, 0.4) is 0 Å². The molecule has 1 aliphatic heterocycles. The third-order valence-corrected chi connectivity index (χ3v) is 4.53. The van der Waals surface area contributed by atoms with E-state index in [1.54, 1.807) is 11.3 Å². The number of piperidine rings is 1. The lowest BCUT2D eigenvalue weighted by molar-refractivity contribution is 0.0718. The first-order valence-electron chi connectivity index (χ1n) is 6.63. The highest BCUT2D eigenvalue weighted by Crippen LogP contribution is 2.22. The molecule has 20 heavy (non-hydrogen) atoms. The predicted molar refractivity (Wildman–Crippen MR) is 88.5 cm³/mol. The molecular formula is C13H23Cl2N3OS. The summed E-state index contributed by atoms with van der Waals surface area (Å²) in [6.45, 7) is 5.61. The van der Waals surface area contributed by atoms with Gasteiger partial charge >= 0.3 is 0 Å². The fourth-order valence-corrected chi connectivity index (χ4v) is 3.35. The van der Waals surface area contributed by atoms with E-state index in [2.05, 4.69) is 11.9 Å². The van der Waals surface area contributed by atoms with E-state index in [1.807, 2.05) is 11.8 Å². The molecule has 0 saturated carbocycles. The van der Waals surface area contributed by atoms with Gasteiger partial charge in [0.25, 0.3) is 5.91 Å². The molecule has 0 unspecified atom stereocenters. The fourth-order valence-electron chi connectivity index (χ4n) is 2.22. The molecule has 116 valence electrons. The Kier molecular flexibility index (Phi) is 8.66. The lowest BCUT2D eigenvalue weighted by atomic mass is 10.1. The van der Waals surface area contributed by atoms with Crippen LogP contribution < -0.4 is 5.73 Å². The van der Waals surface area contributed by atoms with E-state index in [0.717, 1.165) is 54.4 Å². The number of carbonyl (C=O) groups excluding carboxylic acids is 1. The minimum atomic E-state index is 0. The van der Waals surface area contributed by atoms with Crippen LogP contribution in [0.1, 0.15) is 46.6 Å². The van der Waals surface area contributed by atoms with Gasteiger partial charge in [0.15, 0.2) is 0 Å². The van der Waals surface area contributed by atoms with Gasteiger partial charge in [-0.25, -0.2) is 4.98 Å². The second-order valence-corrected chi connectivity index (χ2v) is 5.99. The normalized spacial score (nSPS) is 15.4. The Balaban J connectivity index is 0.00000180. The number of carbonyl (C=O) groups is 1. The Hall–Kier alpha value is -0.360. The van der Waals surface area contributed by atoms with Crippen LogP contribution in [0.15, 0.2) is 0 Å². The van der Waals surface area contributed by atoms with Crippen molar-refractivity contribution in [3.05, 3.63) is 15.6 Å². The SMILES string of the molecule is CCCc1nc(C)c(C(=O)N2CCC(N)CC2)s1.Cl.Cl. The summed E-state index contributed by atoms with van der Waals surface area (Å²) in [5.74, 6) is 0.138. The summed E-state index contributed by atoms with van der Waals surface area (Å²) in [7, 11) is 0. The van der Waals surface area contributed by atoms with Crippen LogP contribution in [0.5, 0.6) is 0 Å². The summed E-state index contributed by atoms with van der Waals surface area (Å²) < 4.78 is 0. The molecule has 1 aromatic heterocycles. The number of halogens is 2. The van der Waals surface area contributed by atoms with E-state index in [1.165, 1.54) is 0 Å². The maximum atomic E-state index is 12.4. The lowest BCUT2D eigenvalue weighted by Crippen LogP contribution is -2.42. The van der Waals surface area contributed by atoms with Crippen LogP contribution in [0.2, 0.25) is 0 Å². The van der Waals surface area contributed by atoms with Crippen LogP contribution in [0.4, 0.5) is 0 Å². The number of amides is 1. The van der Waals surface area contributed by atoms with E-state index >= 15 is 0 Å². The first-order chi connectivity index (χ1) is 8.61. The van der Waals surface area contributed by atoms with Crippen LogP contribution >= 0.6 is 36.2 Å². The second-order valence-electron chi connectivity index (χ2n) is 4.90. The van der Waals surface area contributed by atoms with Gasteiger partial charge in [0.2, 0.25) is 0 Å². The van der Waals surface area contributed by atoms with Crippen molar-refractivity contribution in [1.29, 1.82) is 0 Å². The average Bonchev–Trinajstić information content (AvgIpc) is 2.71. The average molecular weight is 340 g/mol. The van der Waals surface area contributed by atoms with Crippen LogP contribution in [-0.4, -0.2) is 34.9 Å². The van der Waals surface area contributed by atoms with Crippen molar-refractivity contribution in [2.75, 3.05) is 13.1 Å². The van der Waals surface area contributed by atoms with Crippen molar-refractivity contribution in [2.24, 2.45) is 5.73 Å². The predicted octanol–water partition coefficient (Wildman–Crippen LogP) is 2.81. The Morgan fingerprint density at radius 2 is 2.00 bits per heavy atom. The summed E-state index contributed by atoms with van der Waals surface area (Å²) in [5, 5.41) is 1.08. The summed E-state index contributed by atoms with van der Waals surface area (Å²) in [6, 6.07) is 0.257. The molecule has 1 fully saturated rings. The van der Waals surface area contributed by atoms with Crippen molar-refractivity contribution in [3.8, 4) is 0 Å². The summed E-state index contributed by atoms with van der Waals surface area (Å²) >= 11 is 1.55. The van der Waals surface area contributed by atoms with Gasteiger partial charge in [-0.2, -0.15) is 0 Å². The summed E-state index contributed by atoms with van der Waals surface area (Å²) in [5.41, 5.74) is 6.74. The molecule has 4 nitrogen and oxygen atoms in total. The van der Waals surface area contributed by atoms with Gasteiger partial charge in [-0.3, -0.25) is 4.79 Å². The van der Waals surface area contributed by atoms with Crippen molar-refractivity contribution < 1.29 is 4.79 Å². The molecule has 0 bridgehead atoms. The molecule has 0 aromatic carbocycles. The number of nitrogens with zero attached hydrogens (tertiary/aromatic N) is 2. The van der Waals surface area contributed by atoms with Crippen LogP contribution in [0.25, 0.3) is 0 Å². The molecule has 1 aromatic rings. The molecule has 7 heteroatoms. The number of nitrogens with two attached hydrogens (primary N) is 1. The van der Waals surface area contributed by atoms with Gasteiger partial charge in [0, 0.05) is 19.1 Å². The molecule has 2 rings (SSSR count). The maximum Gasteiger partial charge on any atom is 0.265 e. The van der Waals surface area contributed by atoms with Gasteiger partial charge in [-0.1, -0.05) is 6.92 Å². The van der Waals surface area contributed by atoms with E-state index in [9.17, 15) is 4.79 Å². The van der Waals surface area contributed by atoms with E-state index in [4.69, 9.17) is 5.73 Å². The van der Waals surface area contributed by atoms with Crippen molar-refractivity contribution in [2.45, 2.75) is 45.6 Å². The smallest absolute Gasteiger partial charge is 0.265 e. The summed E-state index contributed by atoms with van der Waals surface area (Å²) in [4.78, 5) is 19.6. The number of rotatable bonds is 3. The number of thiazole rings is 1. The second kappa shape index (κ2) is 8.82. The van der Waals surface area contributed by atoms with Gasteiger partial charge in [-0.15, -0.1) is 36.2 Å². The maximum absolute atomic E-state index is 12.4. The lowest BCUT2D eigenvalue weighted by Gasteiger charge is -2.29. The standard InChI is InChI=1S/C13H21N3OS.2ClH/c1-3-4-11-15-9(2)12(18-11)13(17)16-7-5-10(14)6-8-16;;/h10H,3-8,14H2,1-2H3;2*1H. The highest BCUT2D eigenvalue weighted by molar-refractivity contribution is 7.13. The van der Waals surface area contributed by atoms with E-state index < -0.39 is 0 Å². The van der Waals surface area contributed by atoms with Crippen LogP contribution in [0, 0.1) is 6.92 Å². The number of likely N-dealkylation sites (tertiary alicyclic amines) is 1. The third-order valence-electron chi connectivity index (χ3n) is 3.33. The van der Waals surface area contributed by atoms with Crippen molar-refractivity contribution in [1.82, 2.24) is 9.88 Å². The molecule has 1 aliphatic rings. The number of aromatic nitrogens is 1. The molecule has 2 heterocycles. The zero-order valence-corrected chi connectivity index (χ0v) is 14.4. The molecule has 1 amide bonds. The first-order valence-corrected chi connectivity index (χ1v) is 7.44. The zero-order chi connectivity index (χ0) is 13.1. The van der Waals surface area contributed by atoms with E-state index in [0.29, 0.717) is 0 Å². The number of hydrogen-bond acceptors (Lipinski definition) is 4. The largest absolute Gasteiger partial charge is 0.338 e. The molecule has 2 N–H and O–H groups in total. The molecule has 0 spiro atoms. The number of hydrogen-bond donors (Lipinski definition) is 1. The Morgan fingerprint density at radius 3 is 2.55 bits per heavy atom. The van der Waals surface area contributed by atoms with Crippen molar-refractivity contribution >= 4 is 42.1 Å². The molecule has 0 radical (unpaired) electrons. The molecule has 0 aliphatic carbocycles. The third kappa shape index (κ3) is 4.58. The molecule has 0 atom stereocenters. The topological polar surface area (TPSA) is 59.2 Å². The highest BCUT2D eigenvalue weighted by atomic mass is 35.5. The summed E-state index contributed by atoms with van der Waals surface area (Å²) in [6.07, 6.45) is 3.85. The monoisotopic (exact) mass is 339 g/mol. The van der Waals surface area contributed by atoms with Crippen molar-refractivity contribution in [3.63, 3.8) is 0 Å². The van der Waals surface area contributed by atoms with Gasteiger partial charge < -0.3 is 10.6 Å². The molecular weight excluding hydrogens is 317 g/mol. The van der Waals surface area contributed by atoms with Gasteiger partial charge in [-0.05, 0) is 32.6 Å². The Morgan fingerprint density at radius 1 is 1.40 bits per heavy atom. The fraction of sp³-hybridized carbons (Fsp3) is 0.692. The Bertz CT molecular complexity index is 431. The Labute approximate surface area is 137 Å². The minimum Gasteiger partial charge on any atom is -0.338 e. The minimum absolute atomic E-state index is 0. The zero-order valence-electron chi connectivity index (χ0n) is 11.9. The molecule has 1 saturated heterocycles. The quantitative estimate of drug-likeness (QED) is 0.920. The van der Waals surface area contributed by atoms with Gasteiger partial charge in [0.05, 0.1) is 10.7 Å². The van der Waals surface area contributed by atoms with Gasteiger partial charge in [0.1, 0.15) is 4.88 Å². The van der Waals surface area contributed by atoms with Crippen LogP contribution in [-0.2, 0) is 6.42 Å².